The fourth-order valence-corrected chi connectivity index (χ4v) is 2.59. The first-order valence-electron chi connectivity index (χ1n) is 5.97. The second kappa shape index (κ2) is 6.06. The summed E-state index contributed by atoms with van der Waals surface area (Å²) < 4.78 is 50.0. The van der Waals surface area contributed by atoms with Crippen LogP contribution in [0, 0.1) is 5.82 Å². The second-order valence-electron chi connectivity index (χ2n) is 3.93. The number of benzene rings is 1. The molecule has 1 N–H and O–H groups in total. The van der Waals surface area contributed by atoms with Crippen molar-refractivity contribution in [2.45, 2.75) is 18.4 Å². The van der Waals surface area contributed by atoms with Crippen LogP contribution in [0.1, 0.15) is 12.7 Å². The third-order valence-corrected chi connectivity index (χ3v) is 3.93. The van der Waals surface area contributed by atoms with Crippen molar-refractivity contribution in [3.8, 4) is 5.75 Å². The molecule has 20 heavy (non-hydrogen) atoms. The smallest absolute Gasteiger partial charge is 0.241 e. The van der Waals surface area contributed by atoms with Gasteiger partial charge in [0.25, 0.3) is 0 Å². The van der Waals surface area contributed by atoms with Gasteiger partial charge in [-0.1, -0.05) is 0 Å². The molecule has 0 unspecified atom stereocenters. The van der Waals surface area contributed by atoms with Gasteiger partial charge in [0, 0.05) is 0 Å². The van der Waals surface area contributed by atoms with Gasteiger partial charge in [0.1, 0.15) is 5.76 Å². The van der Waals surface area contributed by atoms with Crippen LogP contribution in [0.15, 0.2) is 45.9 Å². The van der Waals surface area contributed by atoms with Gasteiger partial charge < -0.3 is 9.15 Å². The van der Waals surface area contributed by atoms with E-state index in [0.717, 1.165) is 6.07 Å². The van der Waals surface area contributed by atoms with Crippen LogP contribution in [0.25, 0.3) is 0 Å². The highest BCUT2D eigenvalue weighted by Crippen LogP contribution is 2.21. The lowest BCUT2D eigenvalue weighted by atomic mass is 10.3. The first kappa shape index (κ1) is 14.5. The molecule has 0 spiro atoms. The van der Waals surface area contributed by atoms with Crippen LogP contribution in [0.2, 0.25) is 0 Å². The topological polar surface area (TPSA) is 68.5 Å². The zero-order valence-electron chi connectivity index (χ0n) is 10.8. The standard InChI is InChI=1S/C13H14FNO4S/c1-2-18-13-6-5-11(8-12(13)14)20(16,17)15-9-10-4-3-7-19-10/h3-8,15H,2,9H2,1H3. The number of ether oxygens (including phenoxy) is 1. The highest BCUT2D eigenvalue weighted by molar-refractivity contribution is 7.89. The van der Waals surface area contributed by atoms with Crippen molar-refractivity contribution in [2.75, 3.05) is 6.61 Å². The van der Waals surface area contributed by atoms with Crippen LogP contribution in [0.5, 0.6) is 5.75 Å². The largest absolute Gasteiger partial charge is 0.491 e. The summed E-state index contributed by atoms with van der Waals surface area (Å²) >= 11 is 0. The van der Waals surface area contributed by atoms with E-state index in [9.17, 15) is 12.8 Å². The third-order valence-electron chi connectivity index (χ3n) is 2.53. The fraction of sp³-hybridized carbons (Fsp3) is 0.231. The van der Waals surface area contributed by atoms with E-state index in [1.54, 1.807) is 19.1 Å². The van der Waals surface area contributed by atoms with Crippen molar-refractivity contribution in [3.05, 3.63) is 48.2 Å². The molecule has 2 rings (SSSR count). The van der Waals surface area contributed by atoms with Gasteiger partial charge in [0.2, 0.25) is 10.0 Å². The normalized spacial score (nSPS) is 11.5. The van der Waals surface area contributed by atoms with Crippen molar-refractivity contribution in [3.63, 3.8) is 0 Å². The number of sulfonamides is 1. The average molecular weight is 299 g/mol. The minimum absolute atomic E-state index is 0.00413. The molecular weight excluding hydrogens is 285 g/mol. The molecule has 1 aromatic carbocycles. The summed E-state index contributed by atoms with van der Waals surface area (Å²) in [4.78, 5) is -0.162. The Morgan fingerprint density at radius 3 is 2.75 bits per heavy atom. The minimum atomic E-state index is -3.80. The molecule has 0 fully saturated rings. The van der Waals surface area contributed by atoms with Gasteiger partial charge in [-0.3, -0.25) is 0 Å². The van der Waals surface area contributed by atoms with Crippen molar-refractivity contribution < 1.29 is 22.0 Å². The van der Waals surface area contributed by atoms with Crippen molar-refractivity contribution in [1.82, 2.24) is 4.72 Å². The van der Waals surface area contributed by atoms with Gasteiger partial charge in [-0.05, 0) is 37.3 Å². The quantitative estimate of drug-likeness (QED) is 0.888. The van der Waals surface area contributed by atoms with Gasteiger partial charge >= 0.3 is 0 Å². The maximum absolute atomic E-state index is 13.6. The van der Waals surface area contributed by atoms with Crippen molar-refractivity contribution in [1.29, 1.82) is 0 Å². The number of hydrogen-bond acceptors (Lipinski definition) is 4. The lowest BCUT2D eigenvalue weighted by Gasteiger charge is -2.08. The molecule has 2 aromatic rings. The molecule has 1 heterocycles. The van der Waals surface area contributed by atoms with Crippen LogP contribution in [-0.2, 0) is 16.6 Å². The lowest BCUT2D eigenvalue weighted by molar-refractivity contribution is 0.321. The van der Waals surface area contributed by atoms with Crippen LogP contribution >= 0.6 is 0 Å². The molecule has 0 saturated carbocycles. The molecule has 0 bridgehead atoms. The monoisotopic (exact) mass is 299 g/mol. The Labute approximate surface area is 116 Å². The summed E-state index contributed by atoms with van der Waals surface area (Å²) in [6.45, 7) is 2.03. The van der Waals surface area contributed by atoms with E-state index in [-0.39, 0.29) is 17.2 Å². The van der Waals surface area contributed by atoms with Crippen LogP contribution in [-0.4, -0.2) is 15.0 Å². The second-order valence-corrected chi connectivity index (χ2v) is 5.70. The van der Waals surface area contributed by atoms with Crippen LogP contribution in [0.4, 0.5) is 4.39 Å². The Hall–Kier alpha value is -1.86. The summed E-state index contributed by atoms with van der Waals surface area (Å²) in [6, 6.07) is 6.80. The molecule has 1 aromatic heterocycles. The Kier molecular flexibility index (Phi) is 4.41. The van der Waals surface area contributed by atoms with E-state index < -0.39 is 15.8 Å². The number of furan rings is 1. The van der Waals surface area contributed by atoms with Gasteiger partial charge in [0.05, 0.1) is 24.3 Å². The molecule has 0 radical (unpaired) electrons. The fourth-order valence-electron chi connectivity index (χ4n) is 1.58. The van der Waals surface area contributed by atoms with Gasteiger partial charge in [-0.2, -0.15) is 0 Å². The number of hydrogen-bond donors (Lipinski definition) is 1. The number of rotatable bonds is 6. The van der Waals surface area contributed by atoms with E-state index in [4.69, 9.17) is 9.15 Å². The van der Waals surface area contributed by atoms with E-state index in [2.05, 4.69) is 4.72 Å². The zero-order valence-corrected chi connectivity index (χ0v) is 11.6. The van der Waals surface area contributed by atoms with Crippen LogP contribution in [0.3, 0.4) is 0 Å². The molecule has 0 atom stereocenters. The van der Waals surface area contributed by atoms with Crippen LogP contribution < -0.4 is 9.46 Å². The maximum Gasteiger partial charge on any atom is 0.241 e. The molecule has 108 valence electrons. The molecule has 0 amide bonds. The predicted molar refractivity (Wildman–Crippen MR) is 70.3 cm³/mol. The van der Waals surface area contributed by atoms with Gasteiger partial charge in [-0.15, -0.1) is 0 Å². The SMILES string of the molecule is CCOc1ccc(S(=O)(=O)NCc2ccco2)cc1F. The van der Waals surface area contributed by atoms with Gasteiger partial charge in [-0.25, -0.2) is 17.5 Å². The predicted octanol–water partition coefficient (Wildman–Crippen LogP) is 2.30. The average Bonchev–Trinajstić information content (AvgIpc) is 2.92. The van der Waals surface area contributed by atoms with Crippen molar-refractivity contribution >= 4 is 10.0 Å². The molecule has 5 nitrogen and oxygen atoms in total. The summed E-state index contributed by atoms with van der Waals surface area (Å²) in [7, 11) is -3.80. The van der Waals surface area contributed by atoms with E-state index >= 15 is 0 Å². The molecule has 0 aliphatic carbocycles. The number of halogens is 1. The summed E-state index contributed by atoms with van der Waals surface area (Å²) in [5.74, 6) is -0.217. The van der Waals surface area contributed by atoms with Gasteiger partial charge in [0.15, 0.2) is 11.6 Å². The maximum atomic E-state index is 13.6. The zero-order chi connectivity index (χ0) is 14.6. The highest BCUT2D eigenvalue weighted by atomic mass is 32.2. The minimum Gasteiger partial charge on any atom is -0.491 e. The first-order chi connectivity index (χ1) is 9.53. The Bertz CT molecular complexity index is 668. The van der Waals surface area contributed by atoms with E-state index in [0.29, 0.717) is 12.4 Å². The third kappa shape index (κ3) is 3.37. The Morgan fingerprint density at radius 2 is 2.15 bits per heavy atom. The summed E-state index contributed by atoms with van der Waals surface area (Å²) in [5.41, 5.74) is 0. The van der Waals surface area contributed by atoms with Crippen molar-refractivity contribution in [2.24, 2.45) is 0 Å². The summed E-state index contributed by atoms with van der Waals surface area (Å²) in [6.07, 6.45) is 1.44. The lowest BCUT2D eigenvalue weighted by Crippen LogP contribution is -2.23. The molecular formula is C13H14FNO4S. The van der Waals surface area contributed by atoms with E-state index in [1.165, 1.54) is 18.4 Å². The Balaban J connectivity index is 2.14. The highest BCUT2D eigenvalue weighted by Gasteiger charge is 2.17. The number of nitrogens with one attached hydrogen (secondary N) is 1. The molecule has 0 aliphatic heterocycles. The summed E-state index contributed by atoms with van der Waals surface area (Å²) in [5, 5.41) is 0. The Morgan fingerprint density at radius 1 is 1.35 bits per heavy atom. The first-order valence-corrected chi connectivity index (χ1v) is 7.45. The molecule has 0 aliphatic rings. The molecule has 0 saturated heterocycles. The molecule has 7 heteroatoms. The van der Waals surface area contributed by atoms with E-state index in [1.807, 2.05) is 0 Å².